The quantitative estimate of drug-likeness (QED) is 0.642. The Morgan fingerprint density at radius 1 is 1.17 bits per heavy atom. The Labute approximate surface area is 177 Å². The number of hydrogen-bond acceptors (Lipinski definition) is 5. The number of carbonyl (C=O) groups is 1. The lowest BCUT2D eigenvalue weighted by Crippen LogP contribution is -2.37. The molecule has 0 radical (unpaired) electrons. The van der Waals surface area contributed by atoms with Crippen LogP contribution >= 0.6 is 0 Å². The molecular weight excluding hydrogens is 380 g/mol. The fraction of sp³-hybridized carbons (Fsp3) is 0.480. The average Bonchev–Trinajstić information content (AvgIpc) is 3.32. The minimum atomic E-state index is -0.213. The second-order valence-corrected chi connectivity index (χ2v) is 8.56. The fourth-order valence-corrected chi connectivity index (χ4v) is 5.19. The fourth-order valence-electron chi connectivity index (χ4n) is 5.19. The van der Waals surface area contributed by atoms with Gasteiger partial charge in [0.05, 0.1) is 25.7 Å². The highest BCUT2D eigenvalue weighted by atomic mass is 16.5. The van der Waals surface area contributed by atoms with Crippen molar-refractivity contribution >= 4 is 5.97 Å². The summed E-state index contributed by atoms with van der Waals surface area (Å²) in [5.74, 6) is 1.45. The minimum absolute atomic E-state index is 0.0410. The van der Waals surface area contributed by atoms with Crippen LogP contribution in [0.3, 0.4) is 0 Å². The summed E-state index contributed by atoms with van der Waals surface area (Å²) in [6.45, 7) is 0.503. The molecule has 2 aromatic rings. The summed E-state index contributed by atoms with van der Waals surface area (Å²) in [5, 5.41) is 0. The summed E-state index contributed by atoms with van der Waals surface area (Å²) in [6, 6.07) is 12.5. The number of hydrogen-bond donors (Lipinski definition) is 0. The summed E-state index contributed by atoms with van der Waals surface area (Å²) in [7, 11) is 3.25. The molecule has 0 amide bonds. The second kappa shape index (κ2) is 7.62. The molecule has 2 aliphatic carbocycles. The molecule has 158 valence electrons. The van der Waals surface area contributed by atoms with Crippen LogP contribution in [0.4, 0.5) is 0 Å². The van der Waals surface area contributed by atoms with E-state index in [1.165, 1.54) is 30.2 Å². The van der Waals surface area contributed by atoms with Gasteiger partial charge >= 0.3 is 5.97 Å². The van der Waals surface area contributed by atoms with E-state index >= 15 is 0 Å². The Balaban J connectivity index is 1.35. The molecule has 1 heterocycles. The molecule has 0 saturated heterocycles. The van der Waals surface area contributed by atoms with Gasteiger partial charge in [0.2, 0.25) is 0 Å². The number of fused-ring (bicyclic) bond motifs is 2. The first kappa shape index (κ1) is 19.4. The standard InChI is InChI=1S/C25H28O5/c1-27-24(26)13-16-15-29-23-14-17(7-8-18(16)23)30-22-10-9-19-20(22)5-3-6-21(19)25(28-2)11-4-12-25/h3,5-8,14,16,22H,4,9-13,15H2,1-2H3/t16?,22-/m1/s1. The molecule has 5 heteroatoms. The lowest BCUT2D eigenvalue weighted by Gasteiger charge is -2.42. The highest BCUT2D eigenvalue weighted by molar-refractivity contribution is 5.71. The van der Waals surface area contributed by atoms with Crippen molar-refractivity contribution in [2.45, 2.75) is 56.1 Å². The Morgan fingerprint density at radius 3 is 2.77 bits per heavy atom. The molecule has 1 saturated carbocycles. The van der Waals surface area contributed by atoms with Gasteiger partial charge in [0.15, 0.2) is 0 Å². The van der Waals surface area contributed by atoms with Crippen molar-refractivity contribution in [3.8, 4) is 11.5 Å². The van der Waals surface area contributed by atoms with Crippen LogP contribution in [0.1, 0.15) is 66.4 Å². The third-order valence-electron chi connectivity index (χ3n) is 7.04. The summed E-state index contributed by atoms with van der Waals surface area (Å²) in [6.07, 6.45) is 5.78. The van der Waals surface area contributed by atoms with Crippen LogP contribution in [0.5, 0.6) is 11.5 Å². The maximum absolute atomic E-state index is 11.6. The number of ether oxygens (including phenoxy) is 4. The van der Waals surface area contributed by atoms with Gasteiger partial charge in [-0.2, -0.15) is 0 Å². The van der Waals surface area contributed by atoms with Crippen LogP contribution in [0, 0.1) is 0 Å². The molecular formula is C25H28O5. The van der Waals surface area contributed by atoms with Gasteiger partial charge in [-0.1, -0.05) is 24.3 Å². The van der Waals surface area contributed by atoms with Crippen molar-refractivity contribution < 1.29 is 23.7 Å². The number of rotatable bonds is 6. The number of methoxy groups -OCH3 is 2. The van der Waals surface area contributed by atoms with Crippen molar-refractivity contribution in [3.05, 3.63) is 58.7 Å². The van der Waals surface area contributed by atoms with E-state index in [1.54, 1.807) is 0 Å². The molecule has 5 nitrogen and oxygen atoms in total. The molecule has 1 aliphatic heterocycles. The summed E-state index contributed by atoms with van der Waals surface area (Å²) in [4.78, 5) is 11.6. The van der Waals surface area contributed by atoms with Gasteiger partial charge in [0.25, 0.3) is 0 Å². The SMILES string of the molecule is COC(=O)CC1COc2cc(O[C@@H]3CCc4c3cccc4C3(OC)CCC3)ccc21. The molecule has 2 atom stereocenters. The van der Waals surface area contributed by atoms with Gasteiger partial charge in [0.1, 0.15) is 17.6 Å². The first-order valence-electron chi connectivity index (χ1n) is 10.8. The molecule has 30 heavy (non-hydrogen) atoms. The second-order valence-electron chi connectivity index (χ2n) is 8.56. The zero-order chi connectivity index (χ0) is 20.7. The van der Waals surface area contributed by atoms with Gasteiger partial charge in [-0.3, -0.25) is 4.79 Å². The van der Waals surface area contributed by atoms with Crippen LogP contribution in [-0.4, -0.2) is 26.8 Å². The normalized spacial score (nSPS) is 23.1. The monoisotopic (exact) mass is 408 g/mol. The molecule has 0 spiro atoms. The number of carbonyl (C=O) groups excluding carboxylic acids is 1. The number of esters is 1. The molecule has 3 aliphatic rings. The number of benzene rings is 2. The van der Waals surface area contributed by atoms with Crippen molar-refractivity contribution in [2.24, 2.45) is 0 Å². The third-order valence-corrected chi connectivity index (χ3v) is 7.04. The van der Waals surface area contributed by atoms with Crippen molar-refractivity contribution in [3.63, 3.8) is 0 Å². The lowest BCUT2D eigenvalue weighted by atomic mass is 9.73. The van der Waals surface area contributed by atoms with E-state index in [0.717, 1.165) is 42.7 Å². The van der Waals surface area contributed by atoms with E-state index in [9.17, 15) is 4.79 Å². The van der Waals surface area contributed by atoms with E-state index in [2.05, 4.69) is 18.2 Å². The van der Waals surface area contributed by atoms with Crippen LogP contribution in [0.2, 0.25) is 0 Å². The van der Waals surface area contributed by atoms with Crippen LogP contribution in [0.15, 0.2) is 36.4 Å². The van der Waals surface area contributed by atoms with Crippen molar-refractivity contribution in [1.82, 2.24) is 0 Å². The van der Waals surface area contributed by atoms with E-state index in [-0.39, 0.29) is 23.6 Å². The Kier molecular flexibility index (Phi) is 4.94. The molecule has 2 aromatic carbocycles. The van der Waals surface area contributed by atoms with Crippen molar-refractivity contribution in [1.29, 1.82) is 0 Å². The van der Waals surface area contributed by atoms with Gasteiger partial charge in [-0.25, -0.2) is 0 Å². The first-order valence-corrected chi connectivity index (χ1v) is 10.8. The van der Waals surface area contributed by atoms with Gasteiger partial charge in [-0.05, 0) is 54.9 Å². The van der Waals surface area contributed by atoms with Gasteiger partial charge < -0.3 is 18.9 Å². The molecule has 1 fully saturated rings. The minimum Gasteiger partial charge on any atom is -0.492 e. The zero-order valence-corrected chi connectivity index (χ0v) is 17.6. The van der Waals surface area contributed by atoms with Crippen LogP contribution < -0.4 is 9.47 Å². The molecule has 5 rings (SSSR count). The Morgan fingerprint density at radius 2 is 2.03 bits per heavy atom. The Bertz CT molecular complexity index is 956. The van der Waals surface area contributed by atoms with E-state index < -0.39 is 0 Å². The van der Waals surface area contributed by atoms with E-state index in [0.29, 0.717) is 13.0 Å². The largest absolute Gasteiger partial charge is 0.492 e. The highest BCUT2D eigenvalue weighted by Gasteiger charge is 2.42. The third kappa shape index (κ3) is 3.16. The maximum Gasteiger partial charge on any atom is 0.306 e. The molecule has 0 aromatic heterocycles. The van der Waals surface area contributed by atoms with Crippen LogP contribution in [0.25, 0.3) is 0 Å². The van der Waals surface area contributed by atoms with E-state index in [4.69, 9.17) is 18.9 Å². The summed E-state index contributed by atoms with van der Waals surface area (Å²) < 4.78 is 23.0. The first-order chi connectivity index (χ1) is 14.6. The van der Waals surface area contributed by atoms with Crippen LogP contribution in [-0.2, 0) is 26.3 Å². The summed E-state index contributed by atoms with van der Waals surface area (Å²) >= 11 is 0. The molecule has 1 unspecified atom stereocenters. The molecule has 0 bridgehead atoms. The maximum atomic E-state index is 11.6. The van der Waals surface area contributed by atoms with E-state index in [1.807, 2.05) is 25.3 Å². The topological polar surface area (TPSA) is 54.0 Å². The van der Waals surface area contributed by atoms with Gasteiger partial charge in [-0.15, -0.1) is 0 Å². The molecule has 0 N–H and O–H groups in total. The predicted octanol–water partition coefficient (Wildman–Crippen LogP) is 4.82. The lowest BCUT2D eigenvalue weighted by molar-refractivity contribution is -0.141. The van der Waals surface area contributed by atoms with Crippen molar-refractivity contribution in [2.75, 3.05) is 20.8 Å². The smallest absolute Gasteiger partial charge is 0.306 e. The highest BCUT2D eigenvalue weighted by Crippen LogP contribution is 2.49. The zero-order valence-electron chi connectivity index (χ0n) is 17.6. The van der Waals surface area contributed by atoms with Gasteiger partial charge in [0, 0.05) is 24.7 Å². The summed E-state index contributed by atoms with van der Waals surface area (Å²) in [5.41, 5.74) is 4.98. The Hall–Kier alpha value is -2.53. The predicted molar refractivity (Wildman–Crippen MR) is 112 cm³/mol. The average molecular weight is 408 g/mol.